The molecule has 190 valence electrons. The average Bonchev–Trinajstić information content (AvgIpc) is 2.78. The molecule has 0 saturated heterocycles. The Morgan fingerprint density at radius 1 is 0.833 bits per heavy atom. The highest BCUT2D eigenvalue weighted by molar-refractivity contribution is 7.86. The number of thiocarbonyl (C=S) groups is 1. The van der Waals surface area contributed by atoms with E-state index < -0.39 is 27.4 Å². The van der Waals surface area contributed by atoms with Crippen LogP contribution in [0.3, 0.4) is 0 Å². The topological polar surface area (TPSA) is 70.3 Å². The number of benzene rings is 3. The normalized spacial score (nSPS) is 12.2. The first-order valence-corrected chi connectivity index (χ1v) is 11.6. The molecule has 0 unspecified atom stereocenters. The number of hydrogen-bond donors (Lipinski definition) is 0. The molecule has 0 saturated carbocycles. The highest BCUT2D eigenvalue weighted by Gasteiger charge is 2.37. The molecule has 0 N–H and O–H groups in total. The first-order valence-electron chi connectivity index (χ1n) is 9.82. The molecule has 0 atom stereocenters. The van der Waals surface area contributed by atoms with Crippen LogP contribution in [0.4, 0.5) is 26.3 Å². The number of ether oxygens (including phenoxy) is 1. The fourth-order valence-corrected chi connectivity index (χ4v) is 3.64. The van der Waals surface area contributed by atoms with Gasteiger partial charge in [-0.2, -0.15) is 30.9 Å². The minimum atomic E-state index is -6.09. The van der Waals surface area contributed by atoms with E-state index in [2.05, 4.69) is 4.57 Å². The number of fused-ring (bicyclic) bond motifs is 2. The van der Waals surface area contributed by atoms with Crippen LogP contribution in [0.2, 0.25) is 0 Å². The minimum Gasteiger partial charge on any atom is -0.741 e. The second-order valence-corrected chi connectivity index (χ2v) is 9.02. The van der Waals surface area contributed by atoms with Gasteiger partial charge in [-0.1, -0.05) is 24.3 Å². The van der Waals surface area contributed by atoms with Gasteiger partial charge >= 0.3 is 11.7 Å². The largest absolute Gasteiger partial charge is 0.741 e. The van der Waals surface area contributed by atoms with Crippen molar-refractivity contribution in [2.75, 3.05) is 0 Å². The van der Waals surface area contributed by atoms with E-state index in [1.807, 2.05) is 55.6 Å². The van der Waals surface area contributed by atoms with E-state index in [-0.39, 0.29) is 10.8 Å². The third-order valence-electron chi connectivity index (χ3n) is 4.95. The van der Waals surface area contributed by atoms with E-state index in [0.717, 1.165) is 39.5 Å². The van der Waals surface area contributed by atoms with Crippen LogP contribution < -0.4 is 9.30 Å². The number of nitrogens with zero attached hydrogens (tertiary/aromatic N) is 1. The summed E-state index contributed by atoms with van der Waals surface area (Å²) in [4.78, 5) is 0. The fraction of sp³-hybridized carbons (Fsp3) is 0.130. The highest BCUT2D eigenvalue weighted by atomic mass is 32.2. The van der Waals surface area contributed by atoms with Gasteiger partial charge < -0.3 is 9.29 Å². The molecule has 4 rings (SSSR count). The Hall–Kier alpha value is -3.29. The number of alkyl halides is 6. The number of rotatable bonds is 2. The average molecular weight is 547 g/mol. The second-order valence-electron chi connectivity index (χ2n) is 7.28. The van der Waals surface area contributed by atoms with Crippen molar-refractivity contribution in [3.63, 3.8) is 0 Å². The van der Waals surface area contributed by atoms with Crippen molar-refractivity contribution in [1.82, 2.24) is 0 Å². The van der Waals surface area contributed by atoms with Crippen molar-refractivity contribution < 1.29 is 48.6 Å². The molecule has 13 heteroatoms. The number of aromatic nitrogens is 1. The van der Waals surface area contributed by atoms with Gasteiger partial charge in [0, 0.05) is 12.1 Å². The molecule has 1 aromatic heterocycles. The maximum absolute atomic E-state index is 12.8. The Bertz CT molecular complexity index is 1480. The molecule has 0 radical (unpaired) electrons. The summed E-state index contributed by atoms with van der Waals surface area (Å²) < 4.78 is 105. The second kappa shape index (κ2) is 9.99. The quantitative estimate of drug-likeness (QED) is 0.0811. The van der Waals surface area contributed by atoms with Crippen molar-refractivity contribution in [1.29, 1.82) is 0 Å². The fourth-order valence-electron chi connectivity index (χ4n) is 3.32. The zero-order valence-electron chi connectivity index (χ0n) is 18.1. The summed E-state index contributed by atoms with van der Waals surface area (Å²) in [7, 11) is -4.11. The van der Waals surface area contributed by atoms with Crippen molar-refractivity contribution in [2.45, 2.75) is 11.7 Å². The molecule has 36 heavy (non-hydrogen) atoms. The van der Waals surface area contributed by atoms with Crippen molar-refractivity contribution in [2.24, 2.45) is 7.05 Å². The van der Waals surface area contributed by atoms with Crippen LogP contribution in [-0.2, 0) is 23.3 Å². The van der Waals surface area contributed by atoms with E-state index in [0.29, 0.717) is 0 Å². The van der Waals surface area contributed by atoms with Crippen LogP contribution in [0, 0.1) is 0 Å². The van der Waals surface area contributed by atoms with Crippen LogP contribution in [-0.4, -0.2) is 23.5 Å². The van der Waals surface area contributed by atoms with Crippen LogP contribution in [0.25, 0.3) is 21.8 Å². The third-order valence-corrected chi connectivity index (χ3v) is 5.80. The molecule has 0 spiro atoms. The van der Waals surface area contributed by atoms with E-state index >= 15 is 0 Å². The lowest BCUT2D eigenvalue weighted by Gasteiger charge is -2.13. The SMILES string of the molecule is C[n+]1c2ccccc2c(C(=S)Oc2ccc(C(F)(F)F)cc2)c2ccccc21.O=S(=O)([O-])C(F)(F)F. The zero-order chi connectivity index (χ0) is 26.9. The minimum absolute atomic E-state index is 0.216. The maximum Gasteiger partial charge on any atom is 0.485 e. The van der Waals surface area contributed by atoms with Crippen LogP contribution in [0.15, 0.2) is 72.8 Å². The first kappa shape index (κ1) is 27.3. The van der Waals surface area contributed by atoms with Gasteiger partial charge in [-0.25, -0.2) is 8.42 Å². The van der Waals surface area contributed by atoms with Crippen LogP contribution >= 0.6 is 12.2 Å². The first-order chi connectivity index (χ1) is 16.6. The van der Waals surface area contributed by atoms with Gasteiger partial charge in [0.05, 0.1) is 21.9 Å². The van der Waals surface area contributed by atoms with Gasteiger partial charge in [0.1, 0.15) is 12.8 Å². The molecule has 0 amide bonds. The molecule has 0 aliphatic heterocycles. The van der Waals surface area contributed by atoms with Crippen molar-refractivity contribution in [3.8, 4) is 5.75 Å². The molecule has 5 nitrogen and oxygen atoms in total. The smallest absolute Gasteiger partial charge is 0.485 e. The summed E-state index contributed by atoms with van der Waals surface area (Å²) >= 11 is 5.55. The summed E-state index contributed by atoms with van der Waals surface area (Å²) in [5.41, 5.74) is -3.66. The van der Waals surface area contributed by atoms with E-state index in [9.17, 15) is 26.3 Å². The number of halogens is 6. The maximum atomic E-state index is 12.8. The van der Waals surface area contributed by atoms with E-state index in [1.165, 1.54) is 12.1 Å². The Morgan fingerprint density at radius 3 is 1.64 bits per heavy atom. The Kier molecular flexibility index (Phi) is 7.58. The number of aryl methyl sites for hydroxylation is 1. The van der Waals surface area contributed by atoms with Gasteiger partial charge in [0.25, 0.3) is 0 Å². The van der Waals surface area contributed by atoms with Crippen LogP contribution in [0.5, 0.6) is 5.75 Å². The summed E-state index contributed by atoms with van der Waals surface area (Å²) in [5.74, 6) is 0.263. The lowest BCUT2D eigenvalue weighted by atomic mass is 10.0. The number of hydrogen-bond acceptors (Lipinski definition) is 5. The van der Waals surface area contributed by atoms with Gasteiger partial charge in [-0.15, -0.1) is 0 Å². The summed E-state index contributed by atoms with van der Waals surface area (Å²) in [6.45, 7) is 0. The Labute approximate surface area is 206 Å². The van der Waals surface area contributed by atoms with Crippen molar-refractivity contribution >= 4 is 49.2 Å². The molecule has 0 fully saturated rings. The summed E-state index contributed by atoms with van der Waals surface area (Å²) in [5, 5.41) is 2.05. The van der Waals surface area contributed by atoms with Gasteiger partial charge in [-0.3, -0.25) is 0 Å². The van der Waals surface area contributed by atoms with E-state index in [1.54, 1.807) is 0 Å². The molecule has 0 bridgehead atoms. The predicted octanol–water partition coefficient (Wildman–Crippen LogP) is 5.64. The molecule has 0 aliphatic rings. The van der Waals surface area contributed by atoms with E-state index in [4.69, 9.17) is 29.9 Å². The number of pyridine rings is 1. The summed E-state index contributed by atoms with van der Waals surface area (Å²) in [6.07, 6.45) is -4.39. The summed E-state index contributed by atoms with van der Waals surface area (Å²) in [6, 6.07) is 20.2. The van der Waals surface area contributed by atoms with Gasteiger partial charge in [0.15, 0.2) is 15.2 Å². The number of para-hydroxylation sites is 2. The monoisotopic (exact) mass is 547 g/mol. The lowest BCUT2D eigenvalue weighted by Crippen LogP contribution is -2.31. The molecule has 0 aliphatic carbocycles. The molecular weight excluding hydrogens is 532 g/mol. The van der Waals surface area contributed by atoms with Crippen molar-refractivity contribution in [3.05, 3.63) is 83.9 Å². The lowest BCUT2D eigenvalue weighted by molar-refractivity contribution is -0.617. The molecular formula is C23H15F6NO4S2. The van der Waals surface area contributed by atoms with Gasteiger partial charge in [-0.05, 0) is 48.6 Å². The van der Waals surface area contributed by atoms with Crippen LogP contribution in [0.1, 0.15) is 11.1 Å². The molecule has 4 aromatic rings. The predicted molar refractivity (Wildman–Crippen MR) is 122 cm³/mol. The molecule has 1 heterocycles. The third kappa shape index (κ3) is 5.91. The highest BCUT2D eigenvalue weighted by Crippen LogP contribution is 2.31. The molecule has 3 aromatic carbocycles. The Morgan fingerprint density at radius 2 is 1.25 bits per heavy atom. The standard InChI is InChI=1S/C22H15F3NOS.CHF3O3S/c1-26-18-8-4-2-6-16(18)20(17-7-3-5-9-19(17)26)21(28)27-15-12-10-14(11-13-15)22(23,24)25;2-1(3,4)8(5,6)7/h2-13H,1H3;(H,5,6,7)/q+1;/p-1. The Balaban J connectivity index is 0.000000392. The van der Waals surface area contributed by atoms with Gasteiger partial charge in [0.2, 0.25) is 11.0 Å². The zero-order valence-corrected chi connectivity index (χ0v) is 19.7.